The number of carbonyl (C=O) groups excluding carboxylic acids is 1. The van der Waals surface area contributed by atoms with Gasteiger partial charge in [0.2, 0.25) is 5.95 Å². The van der Waals surface area contributed by atoms with Crippen molar-refractivity contribution in [2.24, 2.45) is 4.36 Å². The zero-order valence-electron chi connectivity index (χ0n) is 20.0. The Balaban J connectivity index is 1.54. The van der Waals surface area contributed by atoms with Crippen LogP contribution in [0, 0.1) is 0 Å². The minimum atomic E-state index is -1.86. The van der Waals surface area contributed by atoms with E-state index in [1.54, 1.807) is 48.7 Å². The first-order valence-corrected chi connectivity index (χ1v) is 13.5. The SMILES string of the molecule is CCOC(=O)N=[S-](=O)c1ccc(Nc2ncc(-c3cccs3)c(N[C@@H](CO)Cc3ccccc3)n2)cc1. The molecule has 37 heavy (non-hydrogen) atoms. The molecule has 4 rings (SSSR count). The topological polar surface area (TPSA) is 126 Å². The summed E-state index contributed by atoms with van der Waals surface area (Å²) in [5.74, 6) is 0.949. The second-order valence-electron chi connectivity index (χ2n) is 7.84. The Morgan fingerprint density at radius 3 is 2.59 bits per heavy atom. The summed E-state index contributed by atoms with van der Waals surface area (Å²) in [6, 6.07) is 20.2. The van der Waals surface area contributed by atoms with Crippen molar-refractivity contribution in [2.45, 2.75) is 24.3 Å². The van der Waals surface area contributed by atoms with Gasteiger partial charge in [-0.2, -0.15) is 4.98 Å². The molecule has 0 aliphatic carbocycles. The molecule has 0 bridgehead atoms. The molecule has 0 aliphatic heterocycles. The van der Waals surface area contributed by atoms with E-state index in [0.29, 0.717) is 28.8 Å². The van der Waals surface area contributed by atoms with Gasteiger partial charge in [-0.3, -0.25) is 4.36 Å². The predicted molar refractivity (Wildman–Crippen MR) is 145 cm³/mol. The molecule has 0 saturated heterocycles. The molecule has 0 fully saturated rings. The molecule has 0 unspecified atom stereocenters. The second kappa shape index (κ2) is 12.9. The highest BCUT2D eigenvalue weighted by Gasteiger charge is 2.16. The number of amides is 1. The molecule has 9 nitrogen and oxygen atoms in total. The Morgan fingerprint density at radius 1 is 1.14 bits per heavy atom. The van der Waals surface area contributed by atoms with Crippen LogP contribution in [0.25, 0.3) is 10.4 Å². The molecule has 2 aromatic heterocycles. The van der Waals surface area contributed by atoms with E-state index in [2.05, 4.69) is 20.0 Å². The van der Waals surface area contributed by atoms with Gasteiger partial charge in [-0.25, -0.2) is 9.78 Å². The zero-order valence-corrected chi connectivity index (χ0v) is 21.7. The predicted octanol–water partition coefficient (Wildman–Crippen LogP) is 5.63. The first-order valence-electron chi connectivity index (χ1n) is 11.6. The summed E-state index contributed by atoms with van der Waals surface area (Å²) in [6.07, 6.45) is 1.50. The second-order valence-corrected chi connectivity index (χ2v) is 9.94. The van der Waals surface area contributed by atoms with Crippen LogP contribution < -0.4 is 10.6 Å². The third kappa shape index (κ3) is 7.35. The van der Waals surface area contributed by atoms with Gasteiger partial charge in [0.05, 0.1) is 24.8 Å². The first kappa shape index (κ1) is 26.3. The molecule has 1 atom stereocenters. The number of aliphatic hydroxyl groups excluding tert-OH is 1. The molecule has 1 amide bonds. The van der Waals surface area contributed by atoms with Gasteiger partial charge in [0, 0.05) is 16.8 Å². The summed E-state index contributed by atoms with van der Waals surface area (Å²) in [5, 5.41) is 18.6. The van der Waals surface area contributed by atoms with Gasteiger partial charge >= 0.3 is 6.09 Å². The lowest BCUT2D eigenvalue weighted by Crippen LogP contribution is -2.27. The summed E-state index contributed by atoms with van der Waals surface area (Å²) in [5.41, 5.74) is 2.60. The Labute approximate surface area is 220 Å². The number of anilines is 3. The number of nitrogens with one attached hydrogen (secondary N) is 2. The van der Waals surface area contributed by atoms with Crippen LogP contribution in [0.15, 0.2) is 87.6 Å². The normalized spacial score (nSPS) is 12.6. The fraction of sp³-hybridized carbons (Fsp3) is 0.192. The van der Waals surface area contributed by atoms with Crippen LogP contribution in [-0.2, 0) is 26.0 Å². The van der Waals surface area contributed by atoms with E-state index in [4.69, 9.17) is 9.72 Å². The maximum absolute atomic E-state index is 12.2. The molecule has 192 valence electrons. The number of hydrogen-bond donors (Lipinski definition) is 3. The average Bonchev–Trinajstić information content (AvgIpc) is 3.44. The maximum atomic E-state index is 12.2. The number of rotatable bonds is 10. The molecule has 4 aromatic rings. The monoisotopic (exact) mass is 536 g/mol. The van der Waals surface area contributed by atoms with Gasteiger partial charge in [0.1, 0.15) is 5.82 Å². The minimum absolute atomic E-state index is 0.0685. The van der Waals surface area contributed by atoms with Crippen LogP contribution in [0.5, 0.6) is 0 Å². The standard InChI is InChI=1S/C26H26N5O4S2/c1-2-35-26(33)31-37(34)21-12-10-19(11-13-21)29-25-27-16-22(23-9-6-14-36-23)24(30-25)28-20(17-32)15-18-7-4-3-5-8-18/h3-14,16,20,32H,2,15,17H2,1H3,(H2,27,28,29,30)/q-1/t20-/m1/s1. The van der Waals surface area contributed by atoms with Gasteiger partial charge < -0.3 is 24.7 Å². The zero-order chi connectivity index (χ0) is 26.0. The summed E-state index contributed by atoms with van der Waals surface area (Å²) in [7, 11) is -1.86. The quantitative estimate of drug-likeness (QED) is 0.223. The minimum Gasteiger partial charge on any atom is -0.450 e. The van der Waals surface area contributed by atoms with Crippen LogP contribution in [0.2, 0.25) is 0 Å². The van der Waals surface area contributed by atoms with Crippen LogP contribution in [0.3, 0.4) is 0 Å². The largest absolute Gasteiger partial charge is 0.450 e. The van der Waals surface area contributed by atoms with Crippen molar-refractivity contribution in [3.8, 4) is 10.4 Å². The van der Waals surface area contributed by atoms with Crippen LogP contribution >= 0.6 is 11.3 Å². The van der Waals surface area contributed by atoms with E-state index < -0.39 is 16.7 Å². The third-order valence-corrected chi connectivity index (χ3v) is 7.09. The van der Waals surface area contributed by atoms with Gasteiger partial charge in [0.15, 0.2) is 0 Å². The van der Waals surface area contributed by atoms with Crippen molar-refractivity contribution in [1.82, 2.24) is 9.97 Å². The number of benzene rings is 2. The third-order valence-electron chi connectivity index (χ3n) is 5.20. The van der Waals surface area contributed by atoms with E-state index in [0.717, 1.165) is 16.0 Å². The van der Waals surface area contributed by atoms with Crippen molar-refractivity contribution < 1.29 is 18.8 Å². The molecular formula is C26H26N5O4S2-. The highest BCUT2D eigenvalue weighted by molar-refractivity contribution is 7.75. The lowest BCUT2D eigenvalue weighted by molar-refractivity contribution is 0.164. The van der Waals surface area contributed by atoms with Crippen molar-refractivity contribution in [1.29, 1.82) is 0 Å². The van der Waals surface area contributed by atoms with Crippen LogP contribution in [-0.4, -0.2) is 40.4 Å². The van der Waals surface area contributed by atoms with E-state index in [9.17, 15) is 14.1 Å². The number of hydrogen-bond acceptors (Lipinski definition) is 10. The lowest BCUT2D eigenvalue weighted by atomic mass is 10.1. The van der Waals surface area contributed by atoms with Gasteiger partial charge in [0.25, 0.3) is 0 Å². The Bertz CT molecular complexity index is 1390. The van der Waals surface area contributed by atoms with Crippen LogP contribution in [0.1, 0.15) is 12.5 Å². The van der Waals surface area contributed by atoms with E-state index in [-0.39, 0.29) is 19.3 Å². The van der Waals surface area contributed by atoms with E-state index in [1.165, 1.54) is 0 Å². The first-order chi connectivity index (χ1) is 18.1. The number of ether oxygens (including phenoxy) is 1. The lowest BCUT2D eigenvalue weighted by Gasteiger charge is -2.19. The van der Waals surface area contributed by atoms with Crippen molar-refractivity contribution in [3.05, 3.63) is 83.9 Å². The summed E-state index contributed by atoms with van der Waals surface area (Å²) in [4.78, 5) is 22.0. The van der Waals surface area contributed by atoms with Crippen molar-refractivity contribution in [3.63, 3.8) is 0 Å². The smallest absolute Gasteiger partial charge is 0.410 e. The Hall–Kier alpha value is -3.80. The number of aliphatic hydroxyl groups is 1. The number of aromatic nitrogens is 2. The average molecular weight is 537 g/mol. The fourth-order valence-corrected chi connectivity index (χ4v) is 4.87. The number of thiophene rings is 1. The molecule has 2 heterocycles. The molecule has 11 heteroatoms. The highest BCUT2D eigenvalue weighted by atomic mass is 32.2. The van der Waals surface area contributed by atoms with Gasteiger partial charge in [-0.15, -0.1) is 21.9 Å². The van der Waals surface area contributed by atoms with Gasteiger partial charge in [-0.05, 0) is 42.5 Å². The molecule has 0 saturated carbocycles. The van der Waals surface area contributed by atoms with Crippen molar-refractivity contribution >= 4 is 45.5 Å². The Morgan fingerprint density at radius 2 is 1.92 bits per heavy atom. The van der Waals surface area contributed by atoms with E-state index >= 15 is 0 Å². The number of carbonyl (C=O) groups is 1. The highest BCUT2D eigenvalue weighted by Crippen LogP contribution is 2.31. The fourth-order valence-electron chi connectivity index (χ4n) is 3.47. The molecule has 3 N–H and O–H groups in total. The summed E-state index contributed by atoms with van der Waals surface area (Å²) < 4.78 is 20.4. The summed E-state index contributed by atoms with van der Waals surface area (Å²) >= 11 is 1.58. The molecule has 0 radical (unpaired) electrons. The molecule has 2 aromatic carbocycles. The van der Waals surface area contributed by atoms with Crippen molar-refractivity contribution in [2.75, 3.05) is 23.8 Å². The number of nitrogens with zero attached hydrogens (tertiary/aromatic N) is 3. The maximum Gasteiger partial charge on any atom is 0.410 e. The van der Waals surface area contributed by atoms with E-state index in [1.807, 2.05) is 47.8 Å². The molecule has 0 aliphatic rings. The Kier molecular flexibility index (Phi) is 9.19. The van der Waals surface area contributed by atoms with Crippen LogP contribution in [0.4, 0.5) is 22.2 Å². The molecular weight excluding hydrogens is 510 g/mol. The molecule has 0 spiro atoms. The van der Waals surface area contributed by atoms with Gasteiger partial charge in [-0.1, -0.05) is 53.4 Å². The summed E-state index contributed by atoms with van der Waals surface area (Å²) in [6.45, 7) is 1.75.